The molecule has 298 valence electrons. The van der Waals surface area contributed by atoms with E-state index in [2.05, 4.69) is 104 Å². The maximum Gasteiger partial charge on any atom is 0.0751 e. The predicted molar refractivity (Wildman–Crippen MR) is 232 cm³/mol. The average Bonchev–Trinajstić information content (AvgIpc) is 3.87. The molecule has 0 aromatic heterocycles. The van der Waals surface area contributed by atoms with Gasteiger partial charge in [0.15, 0.2) is 0 Å². The van der Waals surface area contributed by atoms with Crippen molar-refractivity contribution in [1.29, 1.82) is 0 Å². The van der Waals surface area contributed by atoms with Crippen molar-refractivity contribution in [2.24, 2.45) is 0 Å². The zero-order valence-electron chi connectivity index (χ0n) is 37.3. The SMILES string of the molecule is C1CCCC1.C1CCCC1.CC.CC.CC.CC.CCC.CCC.CCN(C)C.CC[N+](C)(C)C.CI.[CH-]=CC=[CH-].[CH-]=CC=[CH-].[I-].[Y].[Y]. The van der Waals surface area contributed by atoms with Crippen molar-refractivity contribution >= 4 is 22.6 Å². The van der Waals surface area contributed by atoms with E-state index in [1.807, 2.05) is 60.3 Å². The Morgan fingerprint density at radius 2 is 0.562 bits per heavy atom. The molecular formula is C42H96I2N2Y2-4. The second kappa shape index (κ2) is 134. The van der Waals surface area contributed by atoms with Crippen LogP contribution in [0, 0.1) is 26.3 Å². The number of nitrogens with zero attached hydrogens (tertiary/aromatic N) is 2. The Hall–Kier alpha value is 2.55. The van der Waals surface area contributed by atoms with Gasteiger partial charge in [0.1, 0.15) is 0 Å². The van der Waals surface area contributed by atoms with E-state index in [0.717, 1.165) is 11.0 Å². The number of quaternary nitrogens is 1. The minimum Gasteiger partial charge on any atom is -1.00 e. The number of alkyl halides is 1. The zero-order valence-corrected chi connectivity index (χ0v) is 47.3. The van der Waals surface area contributed by atoms with Crippen LogP contribution < -0.4 is 24.0 Å². The minimum atomic E-state index is 0. The normalized spacial score (nSPS) is 9.71. The van der Waals surface area contributed by atoms with Gasteiger partial charge in [-0.05, 0) is 32.5 Å². The number of hydrogen-bond donors (Lipinski definition) is 0. The van der Waals surface area contributed by atoms with Gasteiger partial charge in [0.2, 0.25) is 0 Å². The van der Waals surface area contributed by atoms with Crippen molar-refractivity contribution in [3.63, 3.8) is 0 Å². The molecule has 0 N–H and O–H groups in total. The Morgan fingerprint density at radius 1 is 0.479 bits per heavy atom. The van der Waals surface area contributed by atoms with Gasteiger partial charge in [-0.25, -0.2) is 0 Å². The molecule has 0 aromatic rings. The molecule has 0 heterocycles. The third-order valence-electron chi connectivity index (χ3n) is 4.30. The summed E-state index contributed by atoms with van der Waals surface area (Å²) in [4.78, 5) is 4.10. The topological polar surface area (TPSA) is 3.24 Å². The van der Waals surface area contributed by atoms with Crippen LogP contribution in [0.15, 0.2) is 24.3 Å². The van der Waals surface area contributed by atoms with Crippen molar-refractivity contribution in [2.75, 3.05) is 53.3 Å². The second-order valence-electron chi connectivity index (χ2n) is 9.72. The van der Waals surface area contributed by atoms with Crippen LogP contribution in [-0.2, 0) is 65.4 Å². The Labute approximate surface area is 394 Å². The molecule has 0 atom stereocenters. The van der Waals surface area contributed by atoms with Crippen molar-refractivity contribution < 1.29 is 93.9 Å². The molecule has 2 saturated carbocycles. The molecule has 2 nitrogen and oxygen atoms in total. The molecule has 0 bridgehead atoms. The summed E-state index contributed by atoms with van der Waals surface area (Å²) in [6.07, 6.45) is 22.6. The second-order valence-corrected chi connectivity index (χ2v) is 9.72. The monoisotopic (exact) mass is 1060 g/mol. The van der Waals surface area contributed by atoms with E-state index in [9.17, 15) is 0 Å². The van der Waals surface area contributed by atoms with Crippen LogP contribution in [0.2, 0.25) is 0 Å². The quantitative estimate of drug-likeness (QED) is 0.0892. The van der Waals surface area contributed by atoms with Crippen LogP contribution in [0.25, 0.3) is 0 Å². The van der Waals surface area contributed by atoms with E-state index in [1.165, 1.54) is 108 Å². The van der Waals surface area contributed by atoms with Gasteiger partial charge in [-0.3, -0.25) is 0 Å². The number of rotatable bonds is 4. The molecule has 0 spiro atoms. The Morgan fingerprint density at radius 3 is 0.583 bits per heavy atom. The van der Waals surface area contributed by atoms with Crippen molar-refractivity contribution in [3.8, 4) is 0 Å². The van der Waals surface area contributed by atoms with E-state index in [4.69, 9.17) is 26.3 Å². The van der Waals surface area contributed by atoms with Crippen LogP contribution in [0.1, 0.15) is 174 Å². The van der Waals surface area contributed by atoms with Crippen molar-refractivity contribution in [2.45, 2.75) is 174 Å². The summed E-state index contributed by atoms with van der Waals surface area (Å²) in [5, 5.41) is 0. The minimum absolute atomic E-state index is 0. The standard InChI is InChI=1S/C5H14N.2C5H10.C4H11N.2C4H4.2C3H8.4C2H6.CH3I.HI.2Y/c1-5-6(2,3)4;2*1-2-4-5-3-1;1-4-5(2)3;2*1-3-4-2;2*1-3-2;5*1-2;;;/h5H2,1-4H3;2*1-5H2;4H2,1-3H3;2*1-4H;2*3H2,1-2H3;4*1-2H3;1H3;1H;;/q+1;;;;2*-2;;;;;;;;;;/p-1. The van der Waals surface area contributed by atoms with Gasteiger partial charge < -0.3 is 84.0 Å². The smallest absolute Gasteiger partial charge is 0.0751 e. The van der Waals surface area contributed by atoms with Gasteiger partial charge in [-0.2, -0.15) is 0 Å². The molecule has 48 heavy (non-hydrogen) atoms. The summed E-state index contributed by atoms with van der Waals surface area (Å²) in [6.45, 7) is 50.0. The molecule has 2 rings (SSSR count). The summed E-state index contributed by atoms with van der Waals surface area (Å²) < 4.78 is 1.07. The van der Waals surface area contributed by atoms with Crippen molar-refractivity contribution in [3.05, 3.63) is 50.6 Å². The first-order valence-corrected chi connectivity index (χ1v) is 20.6. The molecule has 2 fully saturated rings. The van der Waals surface area contributed by atoms with Gasteiger partial charge in [-0.1, -0.05) is 190 Å². The maximum atomic E-state index is 4.72. The fourth-order valence-corrected chi connectivity index (χ4v) is 1.77. The van der Waals surface area contributed by atoms with Crippen LogP contribution >= 0.6 is 22.6 Å². The number of hydrogen-bond acceptors (Lipinski definition) is 1. The molecular weight excluding hydrogens is 964 g/mol. The van der Waals surface area contributed by atoms with Crippen LogP contribution in [0.4, 0.5) is 0 Å². The fraction of sp³-hybridized carbons (Fsp3) is 0.810. The average molecular weight is 1060 g/mol. The van der Waals surface area contributed by atoms with Gasteiger partial charge in [0.05, 0.1) is 27.7 Å². The zero-order chi connectivity index (χ0) is 38.8. The molecule has 0 aromatic carbocycles. The summed E-state index contributed by atoms with van der Waals surface area (Å²) in [5.41, 5.74) is 0. The molecule has 2 aliphatic rings. The van der Waals surface area contributed by atoms with E-state index < -0.39 is 0 Å². The Kier molecular flexibility index (Phi) is 259. The summed E-state index contributed by atoms with van der Waals surface area (Å²) >= 11 is 2.15. The molecule has 0 unspecified atom stereocenters. The van der Waals surface area contributed by atoms with Crippen LogP contribution in [-0.4, -0.2) is 62.6 Å². The molecule has 0 amide bonds. The molecule has 2 aliphatic carbocycles. The first-order valence-electron chi connectivity index (χ1n) is 18.5. The van der Waals surface area contributed by atoms with Gasteiger partial charge in [0, 0.05) is 65.4 Å². The number of allylic oxidation sites excluding steroid dienone is 4. The van der Waals surface area contributed by atoms with Gasteiger partial charge in [-0.15, -0.1) is 0 Å². The first kappa shape index (κ1) is 92.9. The Bertz CT molecular complexity index is 316. The largest absolute Gasteiger partial charge is 1.00 e. The number of halogens is 2. The Balaban J connectivity index is -0.0000000221. The van der Waals surface area contributed by atoms with Gasteiger partial charge >= 0.3 is 0 Å². The van der Waals surface area contributed by atoms with Crippen LogP contribution in [0.3, 0.4) is 0 Å². The third-order valence-corrected chi connectivity index (χ3v) is 4.30. The summed E-state index contributed by atoms with van der Waals surface area (Å²) in [7, 11) is 10.7. The predicted octanol–water partition coefficient (Wildman–Crippen LogP) is 12.1. The van der Waals surface area contributed by atoms with Gasteiger partial charge in [0.25, 0.3) is 0 Å². The molecule has 0 aliphatic heterocycles. The third kappa shape index (κ3) is 287. The summed E-state index contributed by atoms with van der Waals surface area (Å²) in [5.74, 6) is 0. The molecule has 0 saturated heterocycles. The maximum absolute atomic E-state index is 4.72. The summed E-state index contributed by atoms with van der Waals surface area (Å²) in [6, 6.07) is 0. The van der Waals surface area contributed by atoms with Crippen molar-refractivity contribution in [1.82, 2.24) is 4.90 Å². The van der Waals surface area contributed by atoms with E-state index in [0.29, 0.717) is 0 Å². The van der Waals surface area contributed by atoms with E-state index in [1.54, 1.807) is 0 Å². The molecule has 6 heteroatoms. The van der Waals surface area contributed by atoms with Crippen LogP contribution in [0.5, 0.6) is 0 Å². The molecule has 2 radical (unpaired) electrons. The fourth-order valence-electron chi connectivity index (χ4n) is 1.77. The van der Waals surface area contributed by atoms with E-state index >= 15 is 0 Å². The first-order chi connectivity index (χ1) is 21.5. The van der Waals surface area contributed by atoms with E-state index in [-0.39, 0.29) is 89.4 Å².